The summed E-state index contributed by atoms with van der Waals surface area (Å²) in [4.78, 5) is 6.13. The SMILES string of the molecule is C=CCN(CC)c1nccc(C#N)c1Cl. The highest BCUT2D eigenvalue weighted by atomic mass is 35.5. The standard InChI is InChI=1S/C11H12ClN3/c1-3-7-15(4-2)11-10(12)9(8-13)5-6-14-11/h3,5-6H,1,4,7H2,2H3. The lowest BCUT2D eigenvalue weighted by Crippen LogP contribution is -2.24. The van der Waals surface area contributed by atoms with Crippen LogP contribution < -0.4 is 4.90 Å². The van der Waals surface area contributed by atoms with Crippen LogP contribution in [0.1, 0.15) is 12.5 Å². The Morgan fingerprint density at radius 1 is 1.73 bits per heavy atom. The Labute approximate surface area is 94.6 Å². The fraction of sp³-hybridized carbons (Fsp3) is 0.273. The van der Waals surface area contributed by atoms with Crippen LogP contribution in [0.5, 0.6) is 0 Å². The van der Waals surface area contributed by atoms with Crippen LogP contribution in [0.15, 0.2) is 24.9 Å². The van der Waals surface area contributed by atoms with E-state index < -0.39 is 0 Å². The molecule has 0 N–H and O–H groups in total. The quantitative estimate of drug-likeness (QED) is 0.734. The van der Waals surface area contributed by atoms with Crippen molar-refractivity contribution in [2.45, 2.75) is 6.92 Å². The monoisotopic (exact) mass is 221 g/mol. The normalized spacial score (nSPS) is 9.40. The van der Waals surface area contributed by atoms with Gasteiger partial charge >= 0.3 is 0 Å². The van der Waals surface area contributed by atoms with Crippen molar-refractivity contribution < 1.29 is 0 Å². The zero-order valence-corrected chi connectivity index (χ0v) is 9.33. The molecule has 15 heavy (non-hydrogen) atoms. The first-order valence-electron chi connectivity index (χ1n) is 4.65. The van der Waals surface area contributed by atoms with Gasteiger partial charge in [-0.3, -0.25) is 0 Å². The molecule has 1 rings (SSSR count). The van der Waals surface area contributed by atoms with E-state index in [1.165, 1.54) is 0 Å². The van der Waals surface area contributed by atoms with Gasteiger partial charge in [-0.25, -0.2) is 4.98 Å². The van der Waals surface area contributed by atoms with Gasteiger partial charge in [0.1, 0.15) is 16.9 Å². The summed E-state index contributed by atoms with van der Waals surface area (Å²) in [5, 5.41) is 9.23. The van der Waals surface area contributed by atoms with Gasteiger partial charge in [0.15, 0.2) is 0 Å². The summed E-state index contributed by atoms with van der Waals surface area (Å²) in [6.07, 6.45) is 3.37. The average Bonchev–Trinajstić information content (AvgIpc) is 2.27. The number of hydrogen-bond acceptors (Lipinski definition) is 3. The molecular weight excluding hydrogens is 210 g/mol. The molecule has 0 radical (unpaired) electrons. The first-order valence-corrected chi connectivity index (χ1v) is 5.02. The Bertz CT molecular complexity index is 395. The van der Waals surface area contributed by atoms with Gasteiger partial charge in [-0.15, -0.1) is 6.58 Å². The van der Waals surface area contributed by atoms with E-state index in [2.05, 4.69) is 11.6 Å². The highest BCUT2D eigenvalue weighted by Crippen LogP contribution is 2.25. The fourth-order valence-corrected chi connectivity index (χ4v) is 1.53. The van der Waals surface area contributed by atoms with E-state index in [9.17, 15) is 0 Å². The maximum Gasteiger partial charge on any atom is 0.148 e. The number of nitriles is 1. The second kappa shape index (κ2) is 5.38. The van der Waals surface area contributed by atoms with Gasteiger partial charge in [-0.1, -0.05) is 17.7 Å². The van der Waals surface area contributed by atoms with Crippen molar-refractivity contribution in [1.29, 1.82) is 5.26 Å². The summed E-state index contributed by atoms with van der Waals surface area (Å²) in [6.45, 7) is 7.11. The number of rotatable bonds is 4. The molecule has 3 nitrogen and oxygen atoms in total. The number of hydrogen-bond donors (Lipinski definition) is 0. The van der Waals surface area contributed by atoms with Gasteiger partial charge in [0.25, 0.3) is 0 Å². The Morgan fingerprint density at radius 2 is 2.47 bits per heavy atom. The lowest BCUT2D eigenvalue weighted by atomic mass is 10.2. The van der Waals surface area contributed by atoms with Crippen molar-refractivity contribution >= 4 is 17.4 Å². The number of anilines is 1. The van der Waals surface area contributed by atoms with Crippen LogP contribution >= 0.6 is 11.6 Å². The lowest BCUT2D eigenvalue weighted by molar-refractivity contribution is 0.882. The minimum atomic E-state index is 0.406. The van der Waals surface area contributed by atoms with E-state index in [0.29, 0.717) is 22.9 Å². The van der Waals surface area contributed by atoms with Crippen molar-refractivity contribution in [3.63, 3.8) is 0 Å². The van der Waals surface area contributed by atoms with E-state index in [-0.39, 0.29) is 0 Å². The van der Waals surface area contributed by atoms with Gasteiger partial charge in [-0.2, -0.15) is 5.26 Å². The molecule has 0 amide bonds. The third-order valence-corrected chi connectivity index (χ3v) is 2.39. The molecule has 0 atom stereocenters. The Hall–Kier alpha value is -1.53. The van der Waals surface area contributed by atoms with Crippen molar-refractivity contribution in [3.8, 4) is 6.07 Å². The van der Waals surface area contributed by atoms with Gasteiger partial charge in [-0.05, 0) is 13.0 Å². The largest absolute Gasteiger partial charge is 0.352 e. The molecule has 1 aromatic heterocycles. The fourth-order valence-electron chi connectivity index (χ4n) is 1.26. The molecule has 1 aromatic rings. The number of pyridine rings is 1. The molecule has 0 aliphatic rings. The Kier molecular flexibility index (Phi) is 4.14. The molecule has 0 saturated carbocycles. The summed E-state index contributed by atoms with van der Waals surface area (Å²) < 4.78 is 0. The van der Waals surface area contributed by atoms with Crippen LogP contribution in [0, 0.1) is 11.3 Å². The van der Waals surface area contributed by atoms with Crippen LogP contribution in [0.25, 0.3) is 0 Å². The second-order valence-electron chi connectivity index (χ2n) is 2.94. The highest BCUT2D eigenvalue weighted by Gasteiger charge is 2.11. The molecule has 4 heteroatoms. The van der Waals surface area contributed by atoms with E-state index in [0.717, 1.165) is 6.54 Å². The first-order chi connectivity index (χ1) is 7.24. The molecule has 78 valence electrons. The minimum absolute atomic E-state index is 0.406. The highest BCUT2D eigenvalue weighted by molar-refractivity contribution is 6.34. The van der Waals surface area contributed by atoms with Gasteiger partial charge < -0.3 is 4.90 Å². The van der Waals surface area contributed by atoms with Gasteiger partial charge in [0, 0.05) is 19.3 Å². The summed E-state index contributed by atoms with van der Waals surface area (Å²) >= 11 is 6.06. The number of aromatic nitrogens is 1. The smallest absolute Gasteiger partial charge is 0.148 e. The van der Waals surface area contributed by atoms with Crippen LogP contribution in [0.3, 0.4) is 0 Å². The number of nitrogens with zero attached hydrogens (tertiary/aromatic N) is 3. The first kappa shape index (κ1) is 11.5. The van der Waals surface area contributed by atoms with Crippen LogP contribution in [-0.4, -0.2) is 18.1 Å². The molecule has 0 bridgehead atoms. The molecule has 0 spiro atoms. The number of likely N-dealkylation sites (N-methyl/N-ethyl adjacent to an activating group) is 1. The van der Waals surface area contributed by atoms with E-state index in [4.69, 9.17) is 16.9 Å². The Balaban J connectivity index is 3.13. The summed E-state index contributed by atoms with van der Waals surface area (Å²) in [7, 11) is 0. The molecule has 0 aromatic carbocycles. The maximum atomic E-state index is 8.83. The summed E-state index contributed by atoms with van der Waals surface area (Å²) in [6, 6.07) is 3.64. The van der Waals surface area contributed by atoms with Crippen LogP contribution in [0.2, 0.25) is 5.02 Å². The third kappa shape index (κ3) is 2.48. The summed E-state index contributed by atoms with van der Waals surface area (Å²) in [5.74, 6) is 0.637. The second-order valence-corrected chi connectivity index (χ2v) is 3.31. The van der Waals surface area contributed by atoms with Gasteiger partial charge in [0.2, 0.25) is 0 Å². The number of halogens is 1. The van der Waals surface area contributed by atoms with Crippen molar-refractivity contribution in [2.75, 3.05) is 18.0 Å². The van der Waals surface area contributed by atoms with E-state index >= 15 is 0 Å². The zero-order chi connectivity index (χ0) is 11.3. The van der Waals surface area contributed by atoms with Crippen molar-refractivity contribution in [1.82, 2.24) is 4.98 Å². The molecule has 0 unspecified atom stereocenters. The lowest BCUT2D eigenvalue weighted by Gasteiger charge is -2.21. The van der Waals surface area contributed by atoms with E-state index in [1.807, 2.05) is 17.9 Å². The molecule has 0 saturated heterocycles. The molecule has 0 aliphatic carbocycles. The van der Waals surface area contributed by atoms with Crippen LogP contribution in [0.4, 0.5) is 5.82 Å². The summed E-state index contributed by atoms with van der Waals surface area (Å²) in [5.41, 5.74) is 0.448. The van der Waals surface area contributed by atoms with Crippen molar-refractivity contribution in [3.05, 3.63) is 35.5 Å². The molecule has 0 aliphatic heterocycles. The molecule has 1 heterocycles. The predicted octanol–water partition coefficient (Wildman–Crippen LogP) is 2.62. The average molecular weight is 222 g/mol. The topological polar surface area (TPSA) is 39.9 Å². The predicted molar refractivity (Wildman–Crippen MR) is 62.0 cm³/mol. The minimum Gasteiger partial charge on any atom is -0.352 e. The zero-order valence-electron chi connectivity index (χ0n) is 8.57. The third-order valence-electron chi connectivity index (χ3n) is 2.02. The Morgan fingerprint density at radius 3 is 3.00 bits per heavy atom. The molecule has 0 fully saturated rings. The van der Waals surface area contributed by atoms with E-state index in [1.54, 1.807) is 18.3 Å². The van der Waals surface area contributed by atoms with Gasteiger partial charge in [0.05, 0.1) is 5.56 Å². The van der Waals surface area contributed by atoms with Crippen molar-refractivity contribution in [2.24, 2.45) is 0 Å². The van der Waals surface area contributed by atoms with Crippen LogP contribution in [-0.2, 0) is 0 Å². The maximum absolute atomic E-state index is 8.83. The molecular formula is C11H12ClN3.